The molecule has 20 heavy (non-hydrogen) atoms. The van der Waals surface area contributed by atoms with Gasteiger partial charge in [-0.15, -0.1) is 0 Å². The second-order valence-corrected chi connectivity index (χ2v) is 5.20. The van der Waals surface area contributed by atoms with Crippen molar-refractivity contribution in [3.05, 3.63) is 24.0 Å². The molecule has 0 atom stereocenters. The van der Waals surface area contributed by atoms with E-state index >= 15 is 0 Å². The van der Waals surface area contributed by atoms with Crippen molar-refractivity contribution >= 4 is 11.8 Å². The molecule has 0 heterocycles. The number of hydrogen-bond acceptors (Lipinski definition) is 4. The van der Waals surface area contributed by atoms with Crippen LogP contribution in [-0.2, 0) is 4.74 Å². The number of amides is 1. The lowest BCUT2D eigenvalue weighted by Crippen LogP contribution is -2.34. The molecule has 0 saturated heterocycles. The Morgan fingerprint density at radius 3 is 2.60 bits per heavy atom. The third-order valence-corrected chi connectivity index (χ3v) is 2.27. The van der Waals surface area contributed by atoms with Crippen molar-refractivity contribution < 1.29 is 18.7 Å². The zero-order valence-electron chi connectivity index (χ0n) is 12.2. The van der Waals surface area contributed by atoms with E-state index < -0.39 is 17.5 Å². The van der Waals surface area contributed by atoms with Crippen molar-refractivity contribution in [1.82, 2.24) is 5.32 Å². The fraction of sp³-hybridized carbons (Fsp3) is 0.500. The number of carbonyl (C=O) groups excluding carboxylic acids is 1. The summed E-state index contributed by atoms with van der Waals surface area (Å²) in [5, 5.41) is 5.67. The van der Waals surface area contributed by atoms with Crippen LogP contribution < -0.4 is 15.4 Å². The van der Waals surface area contributed by atoms with Crippen LogP contribution in [0.1, 0.15) is 20.8 Å². The zero-order valence-corrected chi connectivity index (χ0v) is 12.2. The molecule has 0 bridgehead atoms. The average Bonchev–Trinajstić information content (AvgIpc) is 2.34. The monoisotopic (exact) mass is 284 g/mol. The number of rotatable bonds is 5. The van der Waals surface area contributed by atoms with Crippen molar-refractivity contribution in [3.8, 4) is 5.75 Å². The van der Waals surface area contributed by atoms with Gasteiger partial charge < -0.3 is 20.1 Å². The van der Waals surface area contributed by atoms with Crippen LogP contribution in [-0.4, -0.2) is 31.9 Å². The van der Waals surface area contributed by atoms with E-state index in [1.807, 2.05) is 0 Å². The number of anilines is 1. The van der Waals surface area contributed by atoms with Crippen LogP contribution in [0.2, 0.25) is 0 Å². The van der Waals surface area contributed by atoms with Gasteiger partial charge in [-0.05, 0) is 32.9 Å². The van der Waals surface area contributed by atoms with Gasteiger partial charge in [-0.25, -0.2) is 9.18 Å². The molecule has 5 nitrogen and oxygen atoms in total. The summed E-state index contributed by atoms with van der Waals surface area (Å²) < 4.78 is 23.2. The molecule has 0 spiro atoms. The molecule has 2 N–H and O–H groups in total. The Morgan fingerprint density at radius 1 is 1.30 bits per heavy atom. The molecule has 0 radical (unpaired) electrons. The maximum absolute atomic E-state index is 13.2. The van der Waals surface area contributed by atoms with Crippen molar-refractivity contribution in [3.63, 3.8) is 0 Å². The molecule has 112 valence electrons. The molecule has 1 aromatic carbocycles. The molecule has 0 saturated carbocycles. The van der Waals surface area contributed by atoms with Crippen LogP contribution in [0.25, 0.3) is 0 Å². The van der Waals surface area contributed by atoms with Gasteiger partial charge in [0.2, 0.25) is 0 Å². The third kappa shape index (κ3) is 5.77. The lowest BCUT2D eigenvalue weighted by Gasteiger charge is -2.19. The first-order valence-corrected chi connectivity index (χ1v) is 6.36. The summed E-state index contributed by atoms with van der Waals surface area (Å²) in [6.45, 7) is 6.30. The smallest absolute Gasteiger partial charge is 0.407 e. The van der Waals surface area contributed by atoms with Crippen molar-refractivity contribution in [1.29, 1.82) is 0 Å². The molecule has 6 heteroatoms. The van der Waals surface area contributed by atoms with Crippen LogP contribution in [0, 0.1) is 5.82 Å². The Balaban J connectivity index is 2.33. The Bertz CT molecular complexity index is 458. The van der Waals surface area contributed by atoms with E-state index in [1.165, 1.54) is 13.2 Å². The van der Waals surface area contributed by atoms with Crippen molar-refractivity contribution in [2.75, 3.05) is 25.5 Å². The highest BCUT2D eigenvalue weighted by Crippen LogP contribution is 2.21. The van der Waals surface area contributed by atoms with Gasteiger partial charge in [0.1, 0.15) is 5.60 Å². The van der Waals surface area contributed by atoms with E-state index in [2.05, 4.69) is 10.6 Å². The van der Waals surface area contributed by atoms with Crippen LogP contribution in [0.5, 0.6) is 5.75 Å². The first-order chi connectivity index (χ1) is 9.31. The molecule has 0 aliphatic carbocycles. The molecule has 1 aromatic rings. The van der Waals surface area contributed by atoms with Gasteiger partial charge in [0.25, 0.3) is 0 Å². The summed E-state index contributed by atoms with van der Waals surface area (Å²) in [4.78, 5) is 11.4. The molecular formula is C14H21FN2O3. The van der Waals surface area contributed by atoms with E-state index in [1.54, 1.807) is 32.9 Å². The standard InChI is InChI=1S/C14H21FN2O3/c1-14(2,3)20-13(18)17-8-7-16-10-5-6-11(15)12(9-10)19-4/h5-6,9,16H,7-8H2,1-4H3,(H,17,18). The summed E-state index contributed by atoms with van der Waals surface area (Å²) >= 11 is 0. The Kier molecular flexibility index (Phi) is 5.61. The Labute approximate surface area is 118 Å². The number of alkyl carbamates (subject to hydrolysis) is 1. The van der Waals surface area contributed by atoms with Crippen LogP contribution in [0.4, 0.5) is 14.9 Å². The maximum atomic E-state index is 13.2. The first-order valence-electron chi connectivity index (χ1n) is 6.36. The van der Waals surface area contributed by atoms with Gasteiger partial charge in [-0.1, -0.05) is 0 Å². The summed E-state index contributed by atoms with van der Waals surface area (Å²) in [7, 11) is 1.41. The van der Waals surface area contributed by atoms with Gasteiger partial charge >= 0.3 is 6.09 Å². The van der Waals surface area contributed by atoms with Gasteiger partial charge in [-0.2, -0.15) is 0 Å². The SMILES string of the molecule is COc1cc(NCCNC(=O)OC(C)(C)C)ccc1F. The lowest BCUT2D eigenvalue weighted by molar-refractivity contribution is 0.0530. The molecule has 0 unspecified atom stereocenters. The van der Waals surface area contributed by atoms with Crippen molar-refractivity contribution in [2.24, 2.45) is 0 Å². The number of nitrogens with one attached hydrogen (secondary N) is 2. The van der Waals surface area contributed by atoms with Crippen LogP contribution in [0.3, 0.4) is 0 Å². The van der Waals surface area contributed by atoms with Gasteiger partial charge in [0.15, 0.2) is 11.6 Å². The van der Waals surface area contributed by atoms with Gasteiger partial charge in [0.05, 0.1) is 7.11 Å². The average molecular weight is 284 g/mol. The number of hydrogen-bond donors (Lipinski definition) is 2. The van der Waals surface area contributed by atoms with Gasteiger partial charge in [-0.3, -0.25) is 0 Å². The second kappa shape index (κ2) is 6.98. The largest absolute Gasteiger partial charge is 0.494 e. The van der Waals surface area contributed by atoms with Crippen molar-refractivity contribution in [2.45, 2.75) is 26.4 Å². The number of benzene rings is 1. The zero-order chi connectivity index (χ0) is 15.2. The third-order valence-electron chi connectivity index (χ3n) is 2.27. The van der Waals surface area contributed by atoms with Crippen LogP contribution >= 0.6 is 0 Å². The predicted molar refractivity (Wildman–Crippen MR) is 75.7 cm³/mol. The highest BCUT2D eigenvalue weighted by atomic mass is 19.1. The highest BCUT2D eigenvalue weighted by Gasteiger charge is 2.15. The van der Waals surface area contributed by atoms with Gasteiger partial charge in [0, 0.05) is 24.8 Å². The minimum Gasteiger partial charge on any atom is -0.494 e. The molecule has 0 aromatic heterocycles. The predicted octanol–water partition coefficient (Wildman–Crippen LogP) is 2.77. The molecule has 0 fully saturated rings. The Morgan fingerprint density at radius 2 is 2.00 bits per heavy atom. The summed E-state index contributed by atoms with van der Waals surface area (Å²) in [6, 6.07) is 4.48. The first kappa shape index (κ1) is 16.1. The van der Waals surface area contributed by atoms with Crippen LogP contribution in [0.15, 0.2) is 18.2 Å². The highest BCUT2D eigenvalue weighted by molar-refractivity contribution is 5.67. The summed E-state index contributed by atoms with van der Waals surface area (Å²) in [6.07, 6.45) is -0.462. The number of methoxy groups -OCH3 is 1. The minimum atomic E-state index is -0.512. The lowest BCUT2D eigenvalue weighted by atomic mass is 10.2. The molecular weight excluding hydrogens is 263 g/mol. The molecule has 0 aliphatic rings. The maximum Gasteiger partial charge on any atom is 0.407 e. The molecule has 1 rings (SSSR count). The second-order valence-electron chi connectivity index (χ2n) is 5.20. The number of carbonyl (C=O) groups is 1. The van der Waals surface area contributed by atoms with E-state index in [9.17, 15) is 9.18 Å². The fourth-order valence-electron chi connectivity index (χ4n) is 1.46. The summed E-state index contributed by atoms with van der Waals surface area (Å²) in [5.41, 5.74) is 0.205. The molecule has 1 amide bonds. The van der Waals surface area contributed by atoms with E-state index in [0.717, 1.165) is 0 Å². The number of halogens is 1. The fourth-order valence-corrected chi connectivity index (χ4v) is 1.46. The summed E-state index contributed by atoms with van der Waals surface area (Å²) in [5.74, 6) is -0.236. The normalized spacial score (nSPS) is 10.8. The quantitative estimate of drug-likeness (QED) is 0.816. The molecule has 0 aliphatic heterocycles. The van der Waals surface area contributed by atoms with E-state index in [0.29, 0.717) is 18.8 Å². The topological polar surface area (TPSA) is 59.6 Å². The Hall–Kier alpha value is -1.98. The van der Waals surface area contributed by atoms with E-state index in [4.69, 9.17) is 9.47 Å². The number of ether oxygens (including phenoxy) is 2. The minimum absolute atomic E-state index is 0.176. The van der Waals surface area contributed by atoms with E-state index in [-0.39, 0.29) is 5.75 Å².